The lowest BCUT2D eigenvalue weighted by molar-refractivity contribution is 0.181. The summed E-state index contributed by atoms with van der Waals surface area (Å²) in [6.45, 7) is 3.81. The summed E-state index contributed by atoms with van der Waals surface area (Å²) in [5, 5.41) is 6.74. The van der Waals surface area contributed by atoms with Gasteiger partial charge in [-0.1, -0.05) is 11.6 Å². The second kappa shape index (κ2) is 8.93. The molecule has 4 aromatic rings. The second-order valence-corrected chi connectivity index (χ2v) is 8.94. The van der Waals surface area contributed by atoms with Gasteiger partial charge in [-0.2, -0.15) is 0 Å². The molecule has 12 heteroatoms. The molecule has 0 bridgehead atoms. The van der Waals surface area contributed by atoms with Gasteiger partial charge in [0.15, 0.2) is 5.82 Å². The molecule has 0 saturated carbocycles. The van der Waals surface area contributed by atoms with Crippen molar-refractivity contribution in [3.8, 4) is 17.0 Å². The molecule has 1 fully saturated rings. The van der Waals surface area contributed by atoms with Crippen LogP contribution >= 0.6 is 11.6 Å². The fourth-order valence-corrected chi connectivity index (χ4v) is 4.79. The van der Waals surface area contributed by atoms with Crippen LogP contribution < -0.4 is 26.0 Å². The molecule has 2 aliphatic heterocycles. The van der Waals surface area contributed by atoms with Gasteiger partial charge in [-0.25, -0.2) is 24.1 Å². The van der Waals surface area contributed by atoms with E-state index in [1.54, 1.807) is 29.2 Å². The minimum atomic E-state index is -0.667. The van der Waals surface area contributed by atoms with Gasteiger partial charge in [-0.15, -0.1) is 0 Å². The monoisotopic (exact) mass is 521 g/mol. The first-order chi connectivity index (χ1) is 17.9. The zero-order valence-corrected chi connectivity index (χ0v) is 20.4. The zero-order chi connectivity index (χ0) is 25.7. The van der Waals surface area contributed by atoms with Gasteiger partial charge in [0, 0.05) is 46.8 Å². The fourth-order valence-electron chi connectivity index (χ4n) is 4.47. The number of pyridine rings is 1. The molecular formula is C25H21ClFN7O3. The number of nitrogen functional groups attached to an aromatic ring is 1. The van der Waals surface area contributed by atoms with E-state index in [1.807, 2.05) is 6.92 Å². The van der Waals surface area contributed by atoms with Crippen LogP contribution in [0.3, 0.4) is 0 Å². The summed E-state index contributed by atoms with van der Waals surface area (Å²) >= 11 is 6.75. The number of carbonyl (C=O) groups is 1. The fraction of sp³-hybridized carbons (Fsp3) is 0.200. The van der Waals surface area contributed by atoms with Crippen molar-refractivity contribution in [3.05, 3.63) is 53.1 Å². The van der Waals surface area contributed by atoms with E-state index < -0.39 is 5.82 Å². The Morgan fingerprint density at radius 2 is 1.97 bits per heavy atom. The minimum Gasteiger partial charge on any atom is -0.474 e. The Balaban J connectivity index is 1.38. The van der Waals surface area contributed by atoms with Crippen LogP contribution in [0.15, 0.2) is 36.7 Å². The number of nitrogens with two attached hydrogens (primary N) is 1. The van der Waals surface area contributed by atoms with E-state index in [4.69, 9.17) is 26.8 Å². The van der Waals surface area contributed by atoms with Crippen molar-refractivity contribution in [2.75, 3.05) is 47.6 Å². The van der Waals surface area contributed by atoms with Crippen molar-refractivity contribution in [3.63, 3.8) is 0 Å². The summed E-state index contributed by atoms with van der Waals surface area (Å²) in [5.74, 6) is 0.0358. The number of anilines is 5. The van der Waals surface area contributed by atoms with E-state index >= 15 is 4.39 Å². The number of halogens is 2. The zero-order valence-electron chi connectivity index (χ0n) is 19.6. The minimum absolute atomic E-state index is 0.0941. The van der Waals surface area contributed by atoms with E-state index in [1.165, 1.54) is 12.4 Å². The topological polar surface area (TPSA) is 128 Å². The maximum atomic E-state index is 15.5. The van der Waals surface area contributed by atoms with Crippen LogP contribution in [0.5, 0.6) is 5.88 Å². The number of aromatic nitrogens is 3. The largest absolute Gasteiger partial charge is 0.474 e. The highest BCUT2D eigenvalue weighted by atomic mass is 35.5. The molecular weight excluding hydrogens is 501 g/mol. The summed E-state index contributed by atoms with van der Waals surface area (Å²) in [6, 6.07) is 7.16. The highest BCUT2D eigenvalue weighted by Crippen LogP contribution is 2.44. The van der Waals surface area contributed by atoms with Crippen LogP contribution in [-0.2, 0) is 4.74 Å². The number of benzene rings is 2. The van der Waals surface area contributed by atoms with Gasteiger partial charge in [0.2, 0.25) is 11.8 Å². The number of cyclic esters (lactones) is 1. The SMILES string of the molecule is Cc1c(-c2c(F)c(N)c3cnc(Nc4ccc(N5CCOC5=O)cc4)nc3c2Cl)cnc2c1NCCO2. The third-order valence-corrected chi connectivity index (χ3v) is 6.74. The molecule has 10 nitrogen and oxygen atoms in total. The first-order valence-corrected chi connectivity index (χ1v) is 11.9. The number of nitrogens with one attached hydrogen (secondary N) is 2. The van der Waals surface area contributed by atoms with Gasteiger partial charge >= 0.3 is 6.09 Å². The van der Waals surface area contributed by atoms with E-state index in [2.05, 4.69) is 25.6 Å². The van der Waals surface area contributed by atoms with Gasteiger partial charge in [0.1, 0.15) is 18.9 Å². The molecule has 0 aliphatic carbocycles. The molecule has 1 amide bonds. The Bertz CT molecular complexity index is 1570. The van der Waals surface area contributed by atoms with E-state index in [-0.39, 0.29) is 28.3 Å². The van der Waals surface area contributed by atoms with Crippen LogP contribution in [0.2, 0.25) is 5.02 Å². The molecule has 2 aromatic heterocycles. The van der Waals surface area contributed by atoms with E-state index in [0.29, 0.717) is 60.0 Å². The van der Waals surface area contributed by atoms with Crippen molar-refractivity contribution in [1.29, 1.82) is 0 Å². The maximum Gasteiger partial charge on any atom is 0.414 e. The van der Waals surface area contributed by atoms with Gasteiger partial charge in [0.05, 0.1) is 22.8 Å². The Labute approximate surface area is 215 Å². The molecule has 2 aliphatic rings. The molecule has 4 heterocycles. The first kappa shape index (κ1) is 23.0. The van der Waals surface area contributed by atoms with Crippen LogP contribution in [0.1, 0.15) is 5.56 Å². The molecule has 37 heavy (non-hydrogen) atoms. The Hall–Kier alpha value is -4.38. The lowest BCUT2D eigenvalue weighted by Crippen LogP contribution is -2.23. The molecule has 0 spiro atoms. The van der Waals surface area contributed by atoms with Crippen molar-refractivity contribution in [1.82, 2.24) is 15.0 Å². The van der Waals surface area contributed by atoms with Gasteiger partial charge in [-0.05, 0) is 36.8 Å². The predicted molar refractivity (Wildman–Crippen MR) is 139 cm³/mol. The van der Waals surface area contributed by atoms with Gasteiger partial charge < -0.3 is 25.8 Å². The van der Waals surface area contributed by atoms with Gasteiger partial charge in [0.25, 0.3) is 0 Å². The van der Waals surface area contributed by atoms with Gasteiger partial charge in [-0.3, -0.25) is 4.90 Å². The molecule has 0 unspecified atom stereocenters. The maximum absolute atomic E-state index is 15.5. The first-order valence-electron chi connectivity index (χ1n) is 11.5. The third-order valence-electron chi connectivity index (χ3n) is 6.37. The number of rotatable bonds is 4. The third kappa shape index (κ3) is 3.87. The van der Waals surface area contributed by atoms with Crippen molar-refractivity contribution < 1.29 is 18.7 Å². The van der Waals surface area contributed by atoms with Crippen molar-refractivity contribution >= 4 is 57.3 Å². The molecule has 4 N–H and O–H groups in total. The summed E-state index contributed by atoms with van der Waals surface area (Å²) < 4.78 is 26.1. The lowest BCUT2D eigenvalue weighted by atomic mass is 9.98. The van der Waals surface area contributed by atoms with E-state index in [9.17, 15) is 4.79 Å². The average molecular weight is 522 g/mol. The lowest BCUT2D eigenvalue weighted by Gasteiger charge is -2.22. The average Bonchev–Trinajstić information content (AvgIpc) is 3.35. The quantitative estimate of drug-likeness (QED) is 0.322. The summed E-state index contributed by atoms with van der Waals surface area (Å²) in [6.07, 6.45) is 2.58. The smallest absolute Gasteiger partial charge is 0.414 e. The van der Waals surface area contributed by atoms with Crippen LogP contribution in [0.25, 0.3) is 22.0 Å². The number of hydrogen-bond donors (Lipinski definition) is 3. The molecule has 0 radical (unpaired) electrons. The van der Waals surface area contributed by atoms with Crippen molar-refractivity contribution in [2.45, 2.75) is 6.92 Å². The predicted octanol–water partition coefficient (Wildman–Crippen LogP) is 4.88. The van der Waals surface area contributed by atoms with Crippen molar-refractivity contribution in [2.24, 2.45) is 0 Å². The Morgan fingerprint density at radius 1 is 1.16 bits per heavy atom. The number of ether oxygens (including phenoxy) is 2. The number of nitrogens with zero attached hydrogens (tertiary/aromatic N) is 4. The molecule has 0 atom stereocenters. The van der Waals surface area contributed by atoms with Crippen LogP contribution in [-0.4, -0.2) is 47.3 Å². The molecule has 188 valence electrons. The van der Waals surface area contributed by atoms with E-state index in [0.717, 1.165) is 11.3 Å². The van der Waals surface area contributed by atoms with Crippen LogP contribution in [0, 0.1) is 12.7 Å². The number of hydrogen-bond acceptors (Lipinski definition) is 9. The normalized spacial score (nSPS) is 14.7. The highest BCUT2D eigenvalue weighted by Gasteiger charge is 2.25. The Morgan fingerprint density at radius 3 is 2.73 bits per heavy atom. The number of carbonyl (C=O) groups excluding carboxylic acids is 1. The number of amides is 1. The molecule has 1 saturated heterocycles. The summed E-state index contributed by atoms with van der Waals surface area (Å²) in [4.78, 5) is 26.5. The molecule has 6 rings (SSSR count). The standard InChI is InChI=1S/C25H21ClFN7O3/c1-12-15(10-30-23-21(12)29-6-8-36-23)17-18(26)22-16(20(28)19(17)27)11-31-24(33-22)32-13-2-4-14(5-3-13)34-7-9-37-25(34)35/h2-5,10-11,29H,6-9,28H2,1H3,(H,31,32,33). The summed E-state index contributed by atoms with van der Waals surface area (Å²) in [5.41, 5.74) is 9.78. The number of fused-ring (bicyclic) bond motifs is 2. The summed E-state index contributed by atoms with van der Waals surface area (Å²) in [7, 11) is 0. The highest BCUT2D eigenvalue weighted by molar-refractivity contribution is 6.38. The molecule has 2 aromatic carbocycles. The second-order valence-electron chi connectivity index (χ2n) is 8.56. The Kier molecular flexibility index (Phi) is 5.56. The van der Waals surface area contributed by atoms with Crippen LogP contribution in [0.4, 0.5) is 37.9 Å².